The Morgan fingerprint density at radius 1 is 0.941 bits per heavy atom. The molecule has 0 saturated heterocycles. The number of hydrogen-bond donors (Lipinski definition) is 1. The molecule has 0 radical (unpaired) electrons. The maximum absolute atomic E-state index is 9.34. The summed E-state index contributed by atoms with van der Waals surface area (Å²) in [7, 11) is -2.72. The quantitative estimate of drug-likeness (QED) is 0.520. The van der Waals surface area contributed by atoms with Crippen LogP contribution in [0.5, 0.6) is 0 Å². The third-order valence-electron chi connectivity index (χ3n) is 1.57. The molecule has 0 unspecified atom stereocenters. The van der Waals surface area contributed by atoms with Crippen LogP contribution in [0.4, 0.5) is 0 Å². The molecule has 0 aliphatic rings. The van der Waals surface area contributed by atoms with Crippen molar-refractivity contribution in [3.05, 3.63) is 61.4 Å². The molecule has 0 aliphatic heterocycles. The van der Waals surface area contributed by atoms with Crippen molar-refractivity contribution in [2.75, 3.05) is 0 Å². The van der Waals surface area contributed by atoms with Crippen LogP contribution in [-0.4, -0.2) is 59.8 Å². The van der Waals surface area contributed by atoms with Gasteiger partial charge in [-0.1, -0.05) is 56.2 Å². The molecule has 0 saturated carbocycles. The van der Waals surface area contributed by atoms with E-state index in [2.05, 4.69) is 23.9 Å². The third-order valence-corrected chi connectivity index (χ3v) is 1.89. The van der Waals surface area contributed by atoms with Gasteiger partial charge in [-0.3, -0.25) is 0 Å². The van der Waals surface area contributed by atoms with Crippen LogP contribution in [0.25, 0.3) is 12.2 Å². The molecule has 0 atom stereocenters. The van der Waals surface area contributed by atoms with Crippen LogP contribution in [-0.2, 0) is 15.2 Å². The molecule has 1 rings (SSSR count). The second-order valence-corrected chi connectivity index (χ2v) is 3.23. The molecule has 3 nitrogen and oxygen atoms in total. The summed E-state index contributed by atoms with van der Waals surface area (Å²) in [5.41, 5.74) is 2.29. The van der Waals surface area contributed by atoms with E-state index in [1.54, 1.807) is 0 Å². The Morgan fingerprint density at radius 2 is 1.29 bits per heavy atom. The first-order valence-electron chi connectivity index (χ1n) is 4.41. The average Bonchev–Trinajstić information content (AvgIpc) is 2.30. The van der Waals surface area contributed by atoms with E-state index in [1.807, 2.05) is 36.4 Å². The van der Waals surface area contributed by atoms with Crippen LogP contribution < -0.4 is 0 Å². The predicted molar refractivity (Wildman–Crippen MR) is 75.4 cm³/mol. The Hall–Kier alpha value is -0.174. The SMILES string of the molecule is C=CO[SH](=O)=O.C=Cc1ccc(C=C)cc1.[KH]. The Labute approximate surface area is 146 Å². The van der Waals surface area contributed by atoms with Gasteiger partial charge in [0.1, 0.15) is 0 Å². The Bertz CT molecular complexity index is 387. The number of thiol groups is 1. The summed E-state index contributed by atoms with van der Waals surface area (Å²) in [6.45, 7) is 10.3. The van der Waals surface area contributed by atoms with Crippen LogP contribution in [0.15, 0.2) is 50.3 Å². The van der Waals surface area contributed by atoms with Crippen LogP contribution in [0.2, 0.25) is 0 Å². The van der Waals surface area contributed by atoms with Crippen LogP contribution >= 0.6 is 0 Å². The zero-order chi connectivity index (χ0) is 12.4. The molecular weight excluding hydrogens is 263 g/mol. The van der Waals surface area contributed by atoms with E-state index in [1.165, 1.54) is 0 Å². The molecular formula is C12H15KO3S. The Kier molecular flexibility index (Phi) is 13.9. The maximum atomic E-state index is 9.34. The first kappa shape index (κ1) is 19.2. The summed E-state index contributed by atoms with van der Waals surface area (Å²) >= 11 is 0. The van der Waals surface area contributed by atoms with Crippen molar-refractivity contribution >= 4 is 74.5 Å². The molecule has 88 valence electrons. The van der Waals surface area contributed by atoms with Crippen molar-refractivity contribution in [2.45, 2.75) is 0 Å². The molecule has 17 heavy (non-hydrogen) atoms. The monoisotopic (exact) mass is 278 g/mol. The number of hydrogen-bond acceptors (Lipinski definition) is 3. The van der Waals surface area contributed by atoms with E-state index in [4.69, 9.17) is 0 Å². The number of rotatable bonds is 4. The van der Waals surface area contributed by atoms with E-state index < -0.39 is 11.0 Å². The van der Waals surface area contributed by atoms with Crippen molar-refractivity contribution in [3.8, 4) is 0 Å². The summed E-state index contributed by atoms with van der Waals surface area (Å²) in [6, 6.07) is 8.07. The van der Waals surface area contributed by atoms with Crippen molar-refractivity contribution in [3.63, 3.8) is 0 Å². The normalized spacial score (nSPS) is 8.06. The molecule has 1 aromatic rings. The fourth-order valence-corrected chi connectivity index (χ4v) is 0.951. The summed E-state index contributed by atoms with van der Waals surface area (Å²) in [4.78, 5) is 0. The van der Waals surface area contributed by atoms with Crippen molar-refractivity contribution in [1.29, 1.82) is 0 Å². The third kappa shape index (κ3) is 10.7. The fraction of sp³-hybridized carbons (Fsp3) is 0. The second kappa shape index (κ2) is 12.3. The summed E-state index contributed by atoms with van der Waals surface area (Å²) in [5, 5.41) is 0. The van der Waals surface area contributed by atoms with Crippen LogP contribution in [0.3, 0.4) is 0 Å². The predicted octanol–water partition coefficient (Wildman–Crippen LogP) is 2.00. The molecule has 5 heteroatoms. The molecule has 0 heterocycles. The van der Waals surface area contributed by atoms with Gasteiger partial charge in [0.05, 0.1) is 6.26 Å². The summed E-state index contributed by atoms with van der Waals surface area (Å²) < 4.78 is 22.4. The van der Waals surface area contributed by atoms with Gasteiger partial charge in [-0.15, -0.1) is 0 Å². The molecule has 0 aromatic heterocycles. The summed E-state index contributed by atoms with van der Waals surface area (Å²) in [5.74, 6) is 0. The molecule has 0 bridgehead atoms. The first-order chi connectivity index (χ1) is 7.63. The first-order valence-corrected chi connectivity index (χ1v) is 5.50. The minimum absolute atomic E-state index is 0. The van der Waals surface area contributed by atoms with E-state index in [9.17, 15) is 8.42 Å². The van der Waals surface area contributed by atoms with Gasteiger partial charge >= 0.3 is 51.4 Å². The van der Waals surface area contributed by atoms with Gasteiger partial charge in [-0.2, -0.15) is 8.42 Å². The molecule has 0 fully saturated rings. The van der Waals surface area contributed by atoms with E-state index >= 15 is 0 Å². The molecule has 1 aromatic carbocycles. The van der Waals surface area contributed by atoms with E-state index in [0.717, 1.165) is 17.4 Å². The number of benzene rings is 1. The Balaban J connectivity index is 0. The molecule has 0 spiro atoms. The zero-order valence-electron chi connectivity index (χ0n) is 8.83. The second-order valence-electron chi connectivity index (χ2n) is 2.57. The average molecular weight is 278 g/mol. The fourth-order valence-electron chi connectivity index (χ4n) is 0.829. The van der Waals surface area contributed by atoms with E-state index in [-0.39, 0.29) is 51.4 Å². The zero-order valence-corrected chi connectivity index (χ0v) is 9.73. The van der Waals surface area contributed by atoms with Gasteiger partial charge in [0.25, 0.3) is 11.0 Å². The van der Waals surface area contributed by atoms with Crippen molar-refractivity contribution in [1.82, 2.24) is 0 Å². The van der Waals surface area contributed by atoms with Gasteiger partial charge in [-0.25, -0.2) is 0 Å². The Morgan fingerprint density at radius 3 is 1.41 bits per heavy atom. The van der Waals surface area contributed by atoms with Gasteiger partial charge in [0, 0.05) is 0 Å². The molecule has 0 amide bonds. The van der Waals surface area contributed by atoms with Gasteiger partial charge in [0.15, 0.2) is 0 Å². The molecule has 0 N–H and O–H groups in total. The summed E-state index contributed by atoms with van der Waals surface area (Å²) in [6.07, 6.45) is 4.51. The minimum atomic E-state index is -2.72. The molecule has 0 aliphatic carbocycles. The van der Waals surface area contributed by atoms with Gasteiger partial charge < -0.3 is 4.18 Å². The van der Waals surface area contributed by atoms with Crippen molar-refractivity contribution in [2.24, 2.45) is 0 Å². The topological polar surface area (TPSA) is 43.4 Å². The van der Waals surface area contributed by atoms with Crippen LogP contribution in [0.1, 0.15) is 11.1 Å². The van der Waals surface area contributed by atoms with Crippen LogP contribution in [0, 0.1) is 0 Å². The standard InChI is InChI=1S/C10H10.C2H4O3S.K.H/c1-3-9-5-7-10(4-2)8-6-9;1-2-5-6(3)4;;/h3-8H,1-2H2;2,6H,1H2;;. The van der Waals surface area contributed by atoms with Gasteiger partial charge in [0.2, 0.25) is 0 Å². The van der Waals surface area contributed by atoms with E-state index in [0.29, 0.717) is 0 Å². The van der Waals surface area contributed by atoms with Gasteiger partial charge in [-0.05, 0) is 11.1 Å². The van der Waals surface area contributed by atoms with Crippen molar-refractivity contribution < 1.29 is 12.6 Å².